The van der Waals surface area contributed by atoms with Crippen LogP contribution in [-0.2, 0) is 11.2 Å². The molecule has 0 bridgehead atoms. The summed E-state index contributed by atoms with van der Waals surface area (Å²) in [4.78, 5) is 0. The lowest BCUT2D eigenvalue weighted by Gasteiger charge is -2.36. The molecule has 20 heavy (non-hydrogen) atoms. The Morgan fingerprint density at radius 3 is 2.60 bits per heavy atom. The molecule has 1 aromatic rings. The van der Waals surface area contributed by atoms with Crippen molar-refractivity contribution in [3.8, 4) is 0 Å². The fraction of sp³-hybridized carbons (Fsp3) is 0.667. The summed E-state index contributed by atoms with van der Waals surface area (Å²) in [5.41, 5.74) is 2.71. The van der Waals surface area contributed by atoms with Gasteiger partial charge in [0.15, 0.2) is 0 Å². The highest BCUT2D eigenvalue weighted by Crippen LogP contribution is 2.26. The molecule has 0 spiro atoms. The largest absolute Gasteiger partial charge is 0.382 e. The molecule has 0 aromatic heterocycles. The molecule has 1 saturated heterocycles. The van der Waals surface area contributed by atoms with Crippen LogP contribution in [0.4, 0.5) is 5.69 Å². The third kappa shape index (κ3) is 4.82. The summed E-state index contributed by atoms with van der Waals surface area (Å²) < 4.78 is 5.77. The van der Waals surface area contributed by atoms with E-state index in [1.807, 2.05) is 0 Å². The van der Waals surface area contributed by atoms with Crippen molar-refractivity contribution in [3.63, 3.8) is 0 Å². The number of aryl methyl sites for hydroxylation is 1. The van der Waals surface area contributed by atoms with Crippen LogP contribution in [0.25, 0.3) is 0 Å². The third-order valence-electron chi connectivity index (χ3n) is 4.09. The van der Waals surface area contributed by atoms with Gasteiger partial charge in [-0.1, -0.05) is 31.9 Å². The fourth-order valence-corrected chi connectivity index (χ4v) is 2.94. The number of nitrogens with one attached hydrogen (secondary N) is 1. The molecule has 1 unspecified atom stereocenters. The van der Waals surface area contributed by atoms with Crippen molar-refractivity contribution in [2.45, 2.75) is 70.9 Å². The van der Waals surface area contributed by atoms with Gasteiger partial charge in [0.25, 0.3) is 0 Å². The minimum atomic E-state index is 0.00993. The van der Waals surface area contributed by atoms with Crippen molar-refractivity contribution in [2.75, 3.05) is 11.9 Å². The number of ether oxygens (including phenoxy) is 1. The maximum absolute atomic E-state index is 5.77. The zero-order valence-electron chi connectivity index (χ0n) is 13.2. The van der Waals surface area contributed by atoms with E-state index in [-0.39, 0.29) is 5.60 Å². The molecular weight excluding hydrogens is 246 g/mol. The van der Waals surface area contributed by atoms with Crippen molar-refractivity contribution in [2.24, 2.45) is 0 Å². The number of hydrogen-bond donors (Lipinski definition) is 1. The summed E-state index contributed by atoms with van der Waals surface area (Å²) in [5.74, 6) is 0. The van der Waals surface area contributed by atoms with Crippen LogP contribution in [-0.4, -0.2) is 18.2 Å². The number of anilines is 1. The van der Waals surface area contributed by atoms with Crippen molar-refractivity contribution in [3.05, 3.63) is 29.8 Å². The Hall–Kier alpha value is -1.02. The molecule has 2 rings (SSSR count). The molecule has 1 heterocycles. The van der Waals surface area contributed by atoms with E-state index in [2.05, 4.69) is 50.4 Å². The highest BCUT2D eigenvalue weighted by atomic mass is 16.5. The van der Waals surface area contributed by atoms with E-state index < -0.39 is 0 Å². The SMILES string of the molecule is CCCCCc1ccc(NC2CCOC(C)(C)C2)cc1. The molecule has 0 amide bonds. The number of rotatable bonds is 6. The van der Waals surface area contributed by atoms with Gasteiger partial charge in [0.05, 0.1) is 5.60 Å². The van der Waals surface area contributed by atoms with E-state index in [1.165, 1.54) is 36.9 Å². The van der Waals surface area contributed by atoms with E-state index >= 15 is 0 Å². The van der Waals surface area contributed by atoms with Crippen LogP contribution in [0.3, 0.4) is 0 Å². The predicted octanol–water partition coefficient (Wildman–Crippen LogP) is 4.79. The van der Waals surface area contributed by atoms with Crippen molar-refractivity contribution >= 4 is 5.69 Å². The average molecular weight is 275 g/mol. The third-order valence-corrected chi connectivity index (χ3v) is 4.09. The first kappa shape index (κ1) is 15.4. The van der Waals surface area contributed by atoms with Crippen LogP contribution in [0.1, 0.15) is 58.4 Å². The molecule has 112 valence electrons. The molecule has 0 radical (unpaired) electrons. The maximum atomic E-state index is 5.77. The highest BCUT2D eigenvalue weighted by Gasteiger charge is 2.28. The minimum absolute atomic E-state index is 0.00993. The van der Waals surface area contributed by atoms with Gasteiger partial charge >= 0.3 is 0 Å². The standard InChI is InChI=1S/C18H29NO/c1-4-5-6-7-15-8-10-16(11-9-15)19-17-12-13-20-18(2,3)14-17/h8-11,17,19H,4-7,12-14H2,1-3H3. The van der Waals surface area contributed by atoms with Crippen LogP contribution in [0, 0.1) is 0 Å². The van der Waals surface area contributed by atoms with Crippen LogP contribution >= 0.6 is 0 Å². The van der Waals surface area contributed by atoms with Crippen molar-refractivity contribution < 1.29 is 4.74 Å². The van der Waals surface area contributed by atoms with E-state index in [4.69, 9.17) is 4.74 Å². The Morgan fingerprint density at radius 1 is 1.20 bits per heavy atom. The quantitative estimate of drug-likeness (QED) is 0.754. The monoisotopic (exact) mass is 275 g/mol. The lowest BCUT2D eigenvalue weighted by atomic mass is 9.93. The van der Waals surface area contributed by atoms with Gasteiger partial charge in [-0.2, -0.15) is 0 Å². The second-order valence-electron chi connectivity index (χ2n) is 6.60. The Bertz CT molecular complexity index is 396. The summed E-state index contributed by atoms with van der Waals surface area (Å²) in [6.07, 6.45) is 7.30. The highest BCUT2D eigenvalue weighted by molar-refractivity contribution is 5.45. The Kier molecular flexibility index (Phi) is 5.47. The Balaban J connectivity index is 1.84. The molecule has 1 atom stereocenters. The van der Waals surface area contributed by atoms with Crippen molar-refractivity contribution in [1.29, 1.82) is 0 Å². The van der Waals surface area contributed by atoms with E-state index in [9.17, 15) is 0 Å². The first-order valence-corrected chi connectivity index (χ1v) is 8.08. The molecule has 1 aliphatic rings. The number of benzene rings is 1. The first-order valence-electron chi connectivity index (χ1n) is 8.08. The van der Waals surface area contributed by atoms with Crippen molar-refractivity contribution in [1.82, 2.24) is 0 Å². The lowest BCUT2D eigenvalue weighted by Crippen LogP contribution is -2.40. The molecular formula is C18H29NO. The van der Waals surface area contributed by atoms with Crippen LogP contribution in [0.15, 0.2) is 24.3 Å². The second-order valence-corrected chi connectivity index (χ2v) is 6.60. The molecule has 1 aliphatic heterocycles. The first-order chi connectivity index (χ1) is 9.59. The van der Waals surface area contributed by atoms with Gasteiger partial charge in [-0.25, -0.2) is 0 Å². The number of hydrogen-bond acceptors (Lipinski definition) is 2. The molecule has 1 N–H and O–H groups in total. The topological polar surface area (TPSA) is 21.3 Å². The molecule has 0 saturated carbocycles. The molecule has 0 aliphatic carbocycles. The molecule has 2 nitrogen and oxygen atoms in total. The summed E-state index contributed by atoms with van der Waals surface area (Å²) in [7, 11) is 0. The van der Waals surface area contributed by atoms with E-state index in [0.717, 1.165) is 19.4 Å². The fourth-order valence-electron chi connectivity index (χ4n) is 2.94. The molecule has 1 aromatic carbocycles. The molecule has 2 heteroatoms. The summed E-state index contributed by atoms with van der Waals surface area (Å²) in [6.45, 7) is 7.47. The normalized spacial score (nSPS) is 21.6. The zero-order chi connectivity index (χ0) is 14.4. The predicted molar refractivity (Wildman–Crippen MR) is 86.3 cm³/mol. The second kappa shape index (κ2) is 7.12. The number of unbranched alkanes of at least 4 members (excludes halogenated alkanes) is 2. The summed E-state index contributed by atoms with van der Waals surface area (Å²) in [5, 5.41) is 3.65. The van der Waals surface area contributed by atoms with Gasteiger partial charge in [0.2, 0.25) is 0 Å². The lowest BCUT2D eigenvalue weighted by molar-refractivity contribution is -0.0553. The van der Waals surface area contributed by atoms with Crippen LogP contribution < -0.4 is 5.32 Å². The van der Waals surface area contributed by atoms with Crippen LogP contribution in [0.5, 0.6) is 0 Å². The Labute approximate surface area is 123 Å². The smallest absolute Gasteiger partial charge is 0.0646 e. The van der Waals surface area contributed by atoms with Gasteiger partial charge in [-0.3, -0.25) is 0 Å². The summed E-state index contributed by atoms with van der Waals surface area (Å²) >= 11 is 0. The van der Waals surface area contributed by atoms with Crippen LogP contribution in [0.2, 0.25) is 0 Å². The van der Waals surface area contributed by atoms with Gasteiger partial charge < -0.3 is 10.1 Å². The van der Waals surface area contributed by atoms with Gasteiger partial charge in [0, 0.05) is 18.3 Å². The minimum Gasteiger partial charge on any atom is -0.382 e. The average Bonchev–Trinajstić information content (AvgIpc) is 2.40. The zero-order valence-corrected chi connectivity index (χ0v) is 13.2. The van der Waals surface area contributed by atoms with Gasteiger partial charge in [-0.15, -0.1) is 0 Å². The van der Waals surface area contributed by atoms with E-state index in [0.29, 0.717) is 6.04 Å². The summed E-state index contributed by atoms with van der Waals surface area (Å²) in [6, 6.07) is 9.52. The molecule has 1 fully saturated rings. The van der Waals surface area contributed by atoms with E-state index in [1.54, 1.807) is 0 Å². The maximum Gasteiger partial charge on any atom is 0.0646 e. The Morgan fingerprint density at radius 2 is 1.95 bits per heavy atom. The van der Waals surface area contributed by atoms with Gasteiger partial charge in [0.1, 0.15) is 0 Å². The van der Waals surface area contributed by atoms with Gasteiger partial charge in [-0.05, 0) is 57.2 Å².